The maximum absolute atomic E-state index is 8.72. The molecular weight excluding hydrogens is 250 g/mol. The second kappa shape index (κ2) is 5.57. The van der Waals surface area contributed by atoms with E-state index in [1.807, 2.05) is 12.1 Å². The molecule has 0 aliphatic carbocycles. The van der Waals surface area contributed by atoms with Crippen LogP contribution in [0.5, 0.6) is 0 Å². The molecule has 1 aromatic heterocycles. The summed E-state index contributed by atoms with van der Waals surface area (Å²) < 4.78 is 0. The molecule has 1 fully saturated rings. The van der Waals surface area contributed by atoms with Crippen LogP contribution in [0.15, 0.2) is 42.7 Å². The smallest absolute Gasteiger partial charge is 0.222 e. The Hall–Kier alpha value is -2.61. The number of nitrogens with one attached hydrogen (secondary N) is 1. The highest BCUT2D eigenvalue weighted by Gasteiger charge is 2.22. The first kappa shape index (κ1) is 12.4. The molecule has 5 nitrogen and oxygen atoms in total. The average molecular weight is 265 g/mol. The topological polar surface area (TPSA) is 64.8 Å². The van der Waals surface area contributed by atoms with Crippen LogP contribution in [-0.4, -0.2) is 29.1 Å². The molecule has 1 aliphatic rings. The number of hydrogen-bond acceptors (Lipinski definition) is 5. The van der Waals surface area contributed by atoms with Crippen molar-refractivity contribution in [2.24, 2.45) is 0 Å². The quantitative estimate of drug-likeness (QED) is 0.920. The Balaban J connectivity index is 1.61. The molecular formula is C15H15N5. The van der Waals surface area contributed by atoms with Gasteiger partial charge in [-0.1, -0.05) is 18.2 Å². The van der Waals surface area contributed by atoms with Gasteiger partial charge in [-0.3, -0.25) is 0 Å². The number of aromatic nitrogens is 2. The fraction of sp³-hybridized carbons (Fsp3) is 0.267. The van der Waals surface area contributed by atoms with Crippen molar-refractivity contribution >= 4 is 11.6 Å². The van der Waals surface area contributed by atoms with Crippen molar-refractivity contribution in [2.75, 3.05) is 23.3 Å². The Morgan fingerprint density at radius 2 is 1.95 bits per heavy atom. The SMILES string of the molecule is N#Cc1cnc(NC2CCN(c3ccccc3)C2)nc1. The molecule has 1 atom stereocenters. The van der Waals surface area contributed by atoms with Crippen LogP contribution in [0.1, 0.15) is 12.0 Å². The summed E-state index contributed by atoms with van der Waals surface area (Å²) in [7, 11) is 0. The van der Waals surface area contributed by atoms with E-state index in [-0.39, 0.29) is 0 Å². The molecule has 100 valence electrons. The summed E-state index contributed by atoms with van der Waals surface area (Å²) in [5.74, 6) is 0.587. The van der Waals surface area contributed by atoms with Gasteiger partial charge in [0.15, 0.2) is 0 Å². The maximum atomic E-state index is 8.72. The normalized spacial score (nSPS) is 17.8. The Morgan fingerprint density at radius 3 is 2.65 bits per heavy atom. The zero-order valence-electron chi connectivity index (χ0n) is 11.0. The minimum atomic E-state index is 0.336. The Bertz CT molecular complexity index is 602. The lowest BCUT2D eigenvalue weighted by molar-refractivity contribution is 0.792. The summed E-state index contributed by atoms with van der Waals surface area (Å²) in [6, 6.07) is 12.7. The van der Waals surface area contributed by atoms with E-state index < -0.39 is 0 Å². The Labute approximate surface area is 117 Å². The molecule has 1 aliphatic heterocycles. The zero-order chi connectivity index (χ0) is 13.8. The van der Waals surface area contributed by atoms with Crippen molar-refractivity contribution in [3.63, 3.8) is 0 Å². The van der Waals surface area contributed by atoms with Gasteiger partial charge in [-0.25, -0.2) is 9.97 Å². The van der Waals surface area contributed by atoms with E-state index in [9.17, 15) is 0 Å². The average Bonchev–Trinajstić information content (AvgIpc) is 2.97. The van der Waals surface area contributed by atoms with Crippen LogP contribution in [0.25, 0.3) is 0 Å². The van der Waals surface area contributed by atoms with E-state index in [4.69, 9.17) is 5.26 Å². The van der Waals surface area contributed by atoms with Crippen LogP contribution in [0.2, 0.25) is 0 Å². The molecule has 1 N–H and O–H groups in total. The highest BCUT2D eigenvalue weighted by atomic mass is 15.2. The van der Waals surface area contributed by atoms with Crippen LogP contribution in [-0.2, 0) is 0 Å². The van der Waals surface area contributed by atoms with Gasteiger partial charge >= 0.3 is 0 Å². The molecule has 2 heterocycles. The summed E-state index contributed by atoms with van der Waals surface area (Å²) in [6.07, 6.45) is 4.14. The molecule has 0 spiro atoms. The first-order valence-electron chi connectivity index (χ1n) is 6.64. The third kappa shape index (κ3) is 2.69. The fourth-order valence-electron chi connectivity index (χ4n) is 2.39. The molecule has 1 saturated heterocycles. The Kier molecular flexibility index (Phi) is 3.46. The molecule has 20 heavy (non-hydrogen) atoms. The molecule has 5 heteroatoms. The second-order valence-electron chi connectivity index (χ2n) is 4.82. The third-order valence-corrected chi connectivity index (χ3v) is 3.42. The van der Waals surface area contributed by atoms with Crippen molar-refractivity contribution in [3.8, 4) is 6.07 Å². The standard InChI is InChI=1S/C15H15N5/c16-8-12-9-17-15(18-10-12)19-13-6-7-20(11-13)14-4-2-1-3-5-14/h1-5,9-10,13H,6-7,11H2,(H,17,18,19). The minimum absolute atomic E-state index is 0.336. The number of anilines is 2. The van der Waals surface area contributed by atoms with Gasteiger partial charge in [0.2, 0.25) is 5.95 Å². The number of rotatable bonds is 3. The van der Waals surface area contributed by atoms with Gasteiger partial charge in [0.05, 0.1) is 18.0 Å². The van der Waals surface area contributed by atoms with Crippen molar-refractivity contribution in [2.45, 2.75) is 12.5 Å². The zero-order valence-corrected chi connectivity index (χ0v) is 11.0. The third-order valence-electron chi connectivity index (χ3n) is 3.42. The van der Waals surface area contributed by atoms with Gasteiger partial charge < -0.3 is 10.2 Å². The van der Waals surface area contributed by atoms with E-state index in [1.165, 1.54) is 5.69 Å². The van der Waals surface area contributed by atoms with Gasteiger partial charge in [0, 0.05) is 24.8 Å². The molecule has 1 aromatic carbocycles. The number of para-hydroxylation sites is 1. The van der Waals surface area contributed by atoms with E-state index in [1.54, 1.807) is 12.4 Å². The molecule has 1 unspecified atom stereocenters. The summed E-state index contributed by atoms with van der Waals surface area (Å²) >= 11 is 0. The number of benzene rings is 1. The molecule has 0 saturated carbocycles. The summed E-state index contributed by atoms with van der Waals surface area (Å²) in [4.78, 5) is 10.6. The van der Waals surface area contributed by atoms with E-state index in [2.05, 4.69) is 44.5 Å². The predicted octanol–water partition coefficient (Wildman–Crippen LogP) is 2.04. The van der Waals surface area contributed by atoms with Gasteiger partial charge in [0.1, 0.15) is 6.07 Å². The molecule has 0 radical (unpaired) electrons. The molecule has 2 aromatic rings. The van der Waals surface area contributed by atoms with Crippen LogP contribution >= 0.6 is 0 Å². The summed E-state index contributed by atoms with van der Waals surface area (Å²) in [5, 5.41) is 12.0. The van der Waals surface area contributed by atoms with Crippen LogP contribution < -0.4 is 10.2 Å². The first-order chi connectivity index (χ1) is 9.85. The van der Waals surface area contributed by atoms with Gasteiger partial charge in [-0.05, 0) is 18.6 Å². The number of nitriles is 1. The van der Waals surface area contributed by atoms with Crippen molar-refractivity contribution in [1.29, 1.82) is 5.26 Å². The van der Waals surface area contributed by atoms with Crippen molar-refractivity contribution in [3.05, 3.63) is 48.3 Å². The highest BCUT2D eigenvalue weighted by molar-refractivity contribution is 5.48. The van der Waals surface area contributed by atoms with Crippen molar-refractivity contribution in [1.82, 2.24) is 9.97 Å². The van der Waals surface area contributed by atoms with E-state index in [0.29, 0.717) is 17.6 Å². The fourth-order valence-corrected chi connectivity index (χ4v) is 2.39. The lowest BCUT2D eigenvalue weighted by Crippen LogP contribution is -2.26. The molecule has 0 amide bonds. The predicted molar refractivity (Wildman–Crippen MR) is 77.4 cm³/mol. The maximum Gasteiger partial charge on any atom is 0.222 e. The van der Waals surface area contributed by atoms with Gasteiger partial charge in [-0.15, -0.1) is 0 Å². The summed E-state index contributed by atoms with van der Waals surface area (Å²) in [5.41, 5.74) is 1.73. The van der Waals surface area contributed by atoms with E-state index >= 15 is 0 Å². The first-order valence-corrected chi connectivity index (χ1v) is 6.64. The minimum Gasteiger partial charge on any atom is -0.369 e. The second-order valence-corrected chi connectivity index (χ2v) is 4.82. The van der Waals surface area contributed by atoms with Crippen LogP contribution in [0.4, 0.5) is 11.6 Å². The largest absolute Gasteiger partial charge is 0.369 e. The Morgan fingerprint density at radius 1 is 1.20 bits per heavy atom. The van der Waals surface area contributed by atoms with E-state index in [0.717, 1.165) is 19.5 Å². The highest BCUT2D eigenvalue weighted by Crippen LogP contribution is 2.21. The van der Waals surface area contributed by atoms with Crippen LogP contribution in [0.3, 0.4) is 0 Å². The van der Waals surface area contributed by atoms with Gasteiger partial charge in [0.25, 0.3) is 0 Å². The van der Waals surface area contributed by atoms with Crippen LogP contribution in [0, 0.1) is 11.3 Å². The van der Waals surface area contributed by atoms with Crippen molar-refractivity contribution < 1.29 is 0 Å². The molecule has 3 rings (SSSR count). The summed E-state index contributed by atoms with van der Waals surface area (Å²) in [6.45, 7) is 1.96. The number of nitrogens with zero attached hydrogens (tertiary/aromatic N) is 4. The van der Waals surface area contributed by atoms with Gasteiger partial charge in [-0.2, -0.15) is 5.26 Å². The number of hydrogen-bond donors (Lipinski definition) is 1. The lowest BCUT2D eigenvalue weighted by Gasteiger charge is -2.18. The lowest BCUT2D eigenvalue weighted by atomic mass is 10.3. The monoisotopic (exact) mass is 265 g/mol. The molecule has 0 bridgehead atoms.